The highest BCUT2D eigenvalue weighted by Gasteiger charge is 2.23. The van der Waals surface area contributed by atoms with Crippen molar-refractivity contribution in [2.75, 3.05) is 0 Å². The molecule has 0 aromatic heterocycles. The third-order valence-electron chi connectivity index (χ3n) is 8.26. The van der Waals surface area contributed by atoms with Gasteiger partial charge < -0.3 is 0 Å². The Hall–Kier alpha value is -1.56. The van der Waals surface area contributed by atoms with Gasteiger partial charge in [-0.3, -0.25) is 0 Å². The maximum atomic E-state index is 2.50. The van der Waals surface area contributed by atoms with Crippen LogP contribution < -0.4 is 0 Å². The Bertz CT molecular complexity index is 791. The molecule has 0 N–H and O–H groups in total. The summed E-state index contributed by atoms with van der Waals surface area (Å²) < 4.78 is 0. The molecule has 2 aliphatic rings. The summed E-state index contributed by atoms with van der Waals surface area (Å²) in [5, 5.41) is 0. The Morgan fingerprint density at radius 1 is 0.677 bits per heavy atom. The molecule has 1 saturated carbocycles. The Morgan fingerprint density at radius 2 is 1.39 bits per heavy atom. The summed E-state index contributed by atoms with van der Waals surface area (Å²) in [6.07, 6.45) is 19.1. The molecule has 2 aliphatic carbocycles. The van der Waals surface area contributed by atoms with Crippen LogP contribution in [0.5, 0.6) is 0 Å². The lowest BCUT2D eigenvalue weighted by molar-refractivity contribution is 0.303. The van der Waals surface area contributed by atoms with Gasteiger partial charge in [-0.1, -0.05) is 88.4 Å². The number of rotatable bonds is 9. The molecule has 0 heterocycles. The van der Waals surface area contributed by atoms with Crippen molar-refractivity contribution in [3.8, 4) is 0 Å². The van der Waals surface area contributed by atoms with Crippen LogP contribution in [0, 0.1) is 5.92 Å². The fraction of sp³-hybridized carbons (Fsp3) is 0.613. The molecule has 2 aromatic carbocycles. The van der Waals surface area contributed by atoms with E-state index in [0.717, 1.165) is 11.8 Å². The van der Waals surface area contributed by atoms with E-state index in [1.165, 1.54) is 89.9 Å². The van der Waals surface area contributed by atoms with Gasteiger partial charge in [-0.05, 0) is 103 Å². The van der Waals surface area contributed by atoms with Crippen LogP contribution in [0.15, 0.2) is 42.5 Å². The highest BCUT2D eigenvalue weighted by Crippen LogP contribution is 2.39. The lowest BCUT2D eigenvalue weighted by Crippen LogP contribution is -2.14. The summed E-state index contributed by atoms with van der Waals surface area (Å²) in [4.78, 5) is 0. The molecule has 4 rings (SSSR count). The highest BCUT2D eigenvalue weighted by atomic mass is 14.3. The SMILES string of the molecule is CCCCCC1CCC(c2ccc(C3CCc4cc(CCCC)ccc4C3)cc2)CC1. The van der Waals surface area contributed by atoms with Crippen molar-refractivity contribution in [1.82, 2.24) is 0 Å². The third kappa shape index (κ3) is 6.03. The molecular weight excluding hydrogens is 372 g/mol. The van der Waals surface area contributed by atoms with E-state index < -0.39 is 0 Å². The minimum absolute atomic E-state index is 0.706. The molecule has 1 fully saturated rings. The number of unbranched alkanes of at least 4 members (excludes halogenated alkanes) is 3. The maximum Gasteiger partial charge on any atom is -0.0118 e. The Morgan fingerprint density at radius 3 is 2.10 bits per heavy atom. The van der Waals surface area contributed by atoms with Crippen LogP contribution >= 0.6 is 0 Å². The second kappa shape index (κ2) is 11.3. The molecule has 0 radical (unpaired) electrons. The summed E-state index contributed by atoms with van der Waals surface area (Å²) in [6.45, 7) is 4.60. The molecule has 31 heavy (non-hydrogen) atoms. The third-order valence-corrected chi connectivity index (χ3v) is 8.26. The van der Waals surface area contributed by atoms with Crippen molar-refractivity contribution < 1.29 is 0 Å². The average Bonchev–Trinajstić information content (AvgIpc) is 2.83. The largest absolute Gasteiger partial charge is 0.0654 e. The fourth-order valence-corrected chi connectivity index (χ4v) is 6.14. The van der Waals surface area contributed by atoms with E-state index in [1.807, 2.05) is 0 Å². The smallest absolute Gasteiger partial charge is 0.0118 e. The second-order valence-electron chi connectivity index (χ2n) is 10.5. The molecule has 1 unspecified atom stereocenters. The first-order valence-electron chi connectivity index (χ1n) is 13.5. The molecule has 0 bridgehead atoms. The van der Waals surface area contributed by atoms with Gasteiger partial charge in [0.1, 0.15) is 0 Å². The van der Waals surface area contributed by atoms with Gasteiger partial charge in [0.2, 0.25) is 0 Å². The first-order valence-corrected chi connectivity index (χ1v) is 13.5. The lowest BCUT2D eigenvalue weighted by atomic mass is 9.76. The molecule has 0 aliphatic heterocycles. The van der Waals surface area contributed by atoms with Crippen LogP contribution in [0.3, 0.4) is 0 Å². The molecule has 0 saturated heterocycles. The standard InChI is InChI=1S/C31H44/c1-3-5-7-9-24-10-13-26(14-11-24)27-16-18-28(19-17-27)30-21-20-29-22-25(8-6-4-2)12-15-31(29)23-30/h12,15-19,22,24,26,30H,3-11,13-14,20-21,23H2,1-2H3. The second-order valence-corrected chi connectivity index (χ2v) is 10.5. The first-order chi connectivity index (χ1) is 15.3. The zero-order valence-electron chi connectivity index (χ0n) is 20.2. The molecule has 0 spiro atoms. The topological polar surface area (TPSA) is 0 Å². The van der Waals surface area contributed by atoms with Crippen LogP contribution in [0.25, 0.3) is 0 Å². The molecule has 0 amide bonds. The number of hydrogen-bond donors (Lipinski definition) is 0. The first kappa shape index (κ1) is 22.6. The number of benzene rings is 2. The van der Waals surface area contributed by atoms with Gasteiger partial charge >= 0.3 is 0 Å². The zero-order valence-corrected chi connectivity index (χ0v) is 20.2. The Labute approximate surface area is 191 Å². The summed E-state index contributed by atoms with van der Waals surface area (Å²) in [6, 6.07) is 17.2. The van der Waals surface area contributed by atoms with Crippen LogP contribution in [0.4, 0.5) is 0 Å². The van der Waals surface area contributed by atoms with E-state index in [2.05, 4.69) is 56.3 Å². The zero-order chi connectivity index (χ0) is 21.5. The minimum atomic E-state index is 0.706. The van der Waals surface area contributed by atoms with E-state index >= 15 is 0 Å². The highest BCUT2D eigenvalue weighted by molar-refractivity contribution is 5.38. The van der Waals surface area contributed by atoms with E-state index in [4.69, 9.17) is 0 Å². The van der Waals surface area contributed by atoms with Gasteiger partial charge in [0, 0.05) is 0 Å². The van der Waals surface area contributed by atoms with E-state index in [0.29, 0.717) is 5.92 Å². The summed E-state index contributed by atoms with van der Waals surface area (Å²) in [5.74, 6) is 2.52. The summed E-state index contributed by atoms with van der Waals surface area (Å²) in [5.41, 5.74) is 7.94. The number of hydrogen-bond acceptors (Lipinski definition) is 0. The van der Waals surface area contributed by atoms with Crippen molar-refractivity contribution >= 4 is 0 Å². The van der Waals surface area contributed by atoms with Crippen molar-refractivity contribution in [3.63, 3.8) is 0 Å². The minimum Gasteiger partial charge on any atom is -0.0654 e. The van der Waals surface area contributed by atoms with Gasteiger partial charge in [-0.25, -0.2) is 0 Å². The van der Waals surface area contributed by atoms with E-state index in [1.54, 1.807) is 27.8 Å². The van der Waals surface area contributed by atoms with Crippen molar-refractivity contribution in [2.24, 2.45) is 5.92 Å². The van der Waals surface area contributed by atoms with Gasteiger partial charge in [0.05, 0.1) is 0 Å². The molecular formula is C31H44. The lowest BCUT2D eigenvalue weighted by Gasteiger charge is -2.29. The Balaban J connectivity index is 1.31. The summed E-state index contributed by atoms with van der Waals surface area (Å²) >= 11 is 0. The van der Waals surface area contributed by atoms with Gasteiger partial charge in [0.25, 0.3) is 0 Å². The maximum absolute atomic E-state index is 2.50. The molecule has 168 valence electrons. The van der Waals surface area contributed by atoms with E-state index in [-0.39, 0.29) is 0 Å². The van der Waals surface area contributed by atoms with E-state index in [9.17, 15) is 0 Å². The predicted molar refractivity (Wildman–Crippen MR) is 135 cm³/mol. The van der Waals surface area contributed by atoms with Crippen molar-refractivity contribution in [3.05, 3.63) is 70.3 Å². The van der Waals surface area contributed by atoms with Crippen LogP contribution in [0.2, 0.25) is 0 Å². The predicted octanol–water partition coefficient (Wildman–Crippen LogP) is 9.16. The molecule has 0 nitrogen and oxygen atoms in total. The van der Waals surface area contributed by atoms with Crippen molar-refractivity contribution in [2.45, 2.75) is 116 Å². The number of aryl methyl sites for hydroxylation is 2. The van der Waals surface area contributed by atoms with Crippen molar-refractivity contribution in [1.29, 1.82) is 0 Å². The van der Waals surface area contributed by atoms with Gasteiger partial charge in [0.15, 0.2) is 0 Å². The molecule has 2 aromatic rings. The van der Waals surface area contributed by atoms with Gasteiger partial charge in [-0.2, -0.15) is 0 Å². The number of fused-ring (bicyclic) bond motifs is 1. The van der Waals surface area contributed by atoms with Gasteiger partial charge in [-0.15, -0.1) is 0 Å². The van der Waals surface area contributed by atoms with Crippen LogP contribution in [-0.4, -0.2) is 0 Å². The quantitative estimate of drug-likeness (QED) is 0.357. The normalized spacial score (nSPS) is 23.5. The fourth-order valence-electron chi connectivity index (χ4n) is 6.14. The summed E-state index contributed by atoms with van der Waals surface area (Å²) in [7, 11) is 0. The average molecular weight is 417 g/mol. The van der Waals surface area contributed by atoms with Crippen LogP contribution in [0.1, 0.15) is 124 Å². The van der Waals surface area contributed by atoms with Crippen LogP contribution in [-0.2, 0) is 19.3 Å². The molecule has 0 heteroatoms. The monoisotopic (exact) mass is 416 g/mol. The molecule has 1 atom stereocenters. The Kier molecular flexibility index (Phi) is 8.28.